The molecule has 0 fully saturated rings. The number of carbonyl (C=O) groups is 1. The molecular weight excluding hydrogens is 213 g/mol. The summed E-state index contributed by atoms with van der Waals surface area (Å²) in [6, 6.07) is 0. The molecule has 0 aromatic carbocycles. The van der Waals surface area contributed by atoms with Crippen LogP contribution in [0, 0.1) is 0 Å². The average molecular weight is 220 g/mol. The lowest BCUT2D eigenvalue weighted by molar-refractivity contribution is -0.119. The number of rotatable bonds is 4. The molecule has 0 saturated carbocycles. The van der Waals surface area contributed by atoms with E-state index in [4.69, 9.17) is 0 Å². The van der Waals surface area contributed by atoms with Gasteiger partial charge in [0.25, 0.3) is 12.3 Å². The number of halogens is 3. The van der Waals surface area contributed by atoms with Gasteiger partial charge >= 0.3 is 0 Å². The van der Waals surface area contributed by atoms with Gasteiger partial charge in [0.05, 0.1) is 6.54 Å². The molecule has 1 amide bonds. The number of nitrogens with one attached hydrogen (secondary N) is 1. The molecule has 7 heteroatoms. The van der Waals surface area contributed by atoms with Gasteiger partial charge in [-0.1, -0.05) is 6.58 Å². The molecule has 0 aliphatic carbocycles. The van der Waals surface area contributed by atoms with Gasteiger partial charge in [0.2, 0.25) is 0 Å². The summed E-state index contributed by atoms with van der Waals surface area (Å²) in [6.07, 6.45) is -2.00. The zero-order valence-electron chi connectivity index (χ0n) is 7.47. The van der Waals surface area contributed by atoms with Crippen molar-refractivity contribution in [3.63, 3.8) is 0 Å². The largest absolute Gasteiger partial charge is 0.442 e. The van der Waals surface area contributed by atoms with Crippen LogP contribution in [0.5, 0.6) is 0 Å². The number of oxazole rings is 1. The van der Waals surface area contributed by atoms with E-state index in [9.17, 15) is 18.0 Å². The molecule has 0 spiro atoms. The van der Waals surface area contributed by atoms with Crippen LogP contribution in [-0.2, 0) is 11.3 Å². The number of hydrogen-bond donors (Lipinski definition) is 1. The van der Waals surface area contributed by atoms with Gasteiger partial charge in [0.15, 0.2) is 18.0 Å². The highest BCUT2D eigenvalue weighted by Crippen LogP contribution is 2.21. The Kier molecular flexibility index (Phi) is 3.48. The Morgan fingerprint density at radius 2 is 2.33 bits per heavy atom. The van der Waals surface area contributed by atoms with E-state index in [0.29, 0.717) is 0 Å². The zero-order valence-corrected chi connectivity index (χ0v) is 7.47. The summed E-state index contributed by atoms with van der Waals surface area (Å²) in [7, 11) is 0. The summed E-state index contributed by atoms with van der Waals surface area (Å²) in [5, 5.41) is 2.01. The fraction of sp³-hybridized carbons (Fsp3) is 0.250. The molecule has 1 aromatic rings. The van der Waals surface area contributed by atoms with E-state index in [1.807, 2.05) is 5.32 Å². The second-order valence-corrected chi connectivity index (χ2v) is 2.55. The third kappa shape index (κ3) is 2.83. The summed E-state index contributed by atoms with van der Waals surface area (Å²) in [6.45, 7) is 2.41. The Labute approximate surface area is 82.8 Å². The first-order chi connectivity index (χ1) is 7.02. The van der Waals surface area contributed by atoms with Crippen molar-refractivity contribution in [2.24, 2.45) is 0 Å². The maximum absolute atomic E-state index is 12.2. The molecule has 0 radical (unpaired) electrons. The molecule has 1 rings (SSSR count). The molecule has 0 atom stereocenters. The van der Waals surface area contributed by atoms with Crippen LogP contribution in [0.4, 0.5) is 13.2 Å². The number of alkyl halides is 2. The molecule has 1 heterocycles. The predicted molar refractivity (Wildman–Crippen MR) is 43.6 cm³/mol. The maximum atomic E-state index is 12.2. The van der Waals surface area contributed by atoms with Gasteiger partial charge in [-0.3, -0.25) is 4.79 Å². The van der Waals surface area contributed by atoms with E-state index in [-0.39, 0.29) is 12.2 Å². The van der Waals surface area contributed by atoms with E-state index in [2.05, 4.69) is 16.0 Å². The second kappa shape index (κ2) is 4.63. The first-order valence-electron chi connectivity index (χ1n) is 3.85. The third-order valence-electron chi connectivity index (χ3n) is 1.53. The quantitative estimate of drug-likeness (QED) is 0.786. The standard InChI is InChI=1S/C8H7F3N2O2/c1-4(9)8(14)12-2-5-6(7(10)11)15-3-13-5/h3,7H,1-2H2,(H,12,14). The maximum Gasteiger partial charge on any atom is 0.297 e. The smallest absolute Gasteiger partial charge is 0.297 e. The molecule has 0 bridgehead atoms. The van der Waals surface area contributed by atoms with E-state index in [0.717, 1.165) is 6.39 Å². The molecule has 4 nitrogen and oxygen atoms in total. The number of carbonyl (C=O) groups excluding carboxylic acids is 1. The van der Waals surface area contributed by atoms with Gasteiger partial charge in [-0.25, -0.2) is 18.2 Å². The highest BCUT2D eigenvalue weighted by atomic mass is 19.3. The van der Waals surface area contributed by atoms with E-state index in [1.165, 1.54) is 0 Å². The minimum Gasteiger partial charge on any atom is -0.442 e. The van der Waals surface area contributed by atoms with Crippen molar-refractivity contribution in [1.82, 2.24) is 10.3 Å². The Morgan fingerprint density at radius 1 is 1.67 bits per heavy atom. The molecule has 0 aliphatic heterocycles. The lowest BCUT2D eigenvalue weighted by Gasteiger charge is -2.01. The summed E-state index contributed by atoms with van der Waals surface area (Å²) in [4.78, 5) is 14.1. The summed E-state index contributed by atoms with van der Waals surface area (Å²) in [5.41, 5.74) is -0.139. The zero-order chi connectivity index (χ0) is 11.4. The van der Waals surface area contributed by atoms with Crippen LogP contribution in [-0.4, -0.2) is 10.9 Å². The first-order valence-corrected chi connectivity index (χ1v) is 3.85. The minimum absolute atomic E-state index is 0.139. The molecule has 0 aliphatic rings. The van der Waals surface area contributed by atoms with Gasteiger partial charge < -0.3 is 9.73 Å². The van der Waals surface area contributed by atoms with E-state index in [1.54, 1.807) is 0 Å². The number of amides is 1. The Bertz CT molecular complexity index is 376. The van der Waals surface area contributed by atoms with Crippen LogP contribution in [0.3, 0.4) is 0 Å². The summed E-state index contributed by atoms with van der Waals surface area (Å²) >= 11 is 0. The van der Waals surface area contributed by atoms with Crippen molar-refractivity contribution >= 4 is 5.91 Å². The Hall–Kier alpha value is -1.79. The predicted octanol–water partition coefficient (Wildman–Crippen LogP) is 1.71. The van der Waals surface area contributed by atoms with Crippen LogP contribution in [0.25, 0.3) is 0 Å². The van der Waals surface area contributed by atoms with Crippen molar-refractivity contribution in [1.29, 1.82) is 0 Å². The summed E-state index contributed by atoms with van der Waals surface area (Å²) in [5.74, 6) is -2.91. The second-order valence-electron chi connectivity index (χ2n) is 2.55. The lowest BCUT2D eigenvalue weighted by Crippen LogP contribution is -2.23. The third-order valence-corrected chi connectivity index (χ3v) is 1.53. The number of nitrogens with zero attached hydrogens (tertiary/aromatic N) is 1. The fourth-order valence-corrected chi connectivity index (χ4v) is 0.848. The fourth-order valence-electron chi connectivity index (χ4n) is 0.848. The SMILES string of the molecule is C=C(F)C(=O)NCc1ncoc1C(F)F. The van der Waals surface area contributed by atoms with Gasteiger partial charge in [0, 0.05) is 0 Å². The van der Waals surface area contributed by atoms with Crippen LogP contribution in [0.15, 0.2) is 23.2 Å². The number of aromatic nitrogens is 1. The van der Waals surface area contributed by atoms with Crippen molar-refractivity contribution in [3.8, 4) is 0 Å². The number of hydrogen-bond acceptors (Lipinski definition) is 3. The van der Waals surface area contributed by atoms with Gasteiger partial charge in [-0.15, -0.1) is 0 Å². The molecular formula is C8H7F3N2O2. The van der Waals surface area contributed by atoms with Crippen LogP contribution < -0.4 is 5.32 Å². The lowest BCUT2D eigenvalue weighted by atomic mass is 10.3. The van der Waals surface area contributed by atoms with Crippen LogP contribution >= 0.6 is 0 Å². The van der Waals surface area contributed by atoms with Gasteiger partial charge in [-0.2, -0.15) is 0 Å². The summed E-state index contributed by atoms with van der Waals surface area (Å²) < 4.78 is 41.0. The highest BCUT2D eigenvalue weighted by molar-refractivity contribution is 5.90. The topological polar surface area (TPSA) is 55.1 Å². The minimum atomic E-state index is -2.83. The Morgan fingerprint density at radius 3 is 2.87 bits per heavy atom. The van der Waals surface area contributed by atoms with Crippen molar-refractivity contribution < 1.29 is 22.4 Å². The normalized spacial score (nSPS) is 10.4. The molecule has 1 N–H and O–H groups in total. The van der Waals surface area contributed by atoms with Crippen LogP contribution in [0.1, 0.15) is 17.9 Å². The first kappa shape index (κ1) is 11.3. The van der Waals surface area contributed by atoms with E-state index >= 15 is 0 Å². The van der Waals surface area contributed by atoms with Crippen molar-refractivity contribution in [3.05, 3.63) is 30.3 Å². The molecule has 82 valence electrons. The monoisotopic (exact) mass is 220 g/mol. The molecule has 1 aromatic heterocycles. The van der Waals surface area contributed by atoms with Crippen molar-refractivity contribution in [2.75, 3.05) is 0 Å². The van der Waals surface area contributed by atoms with E-state index < -0.39 is 23.9 Å². The van der Waals surface area contributed by atoms with Gasteiger partial charge in [-0.05, 0) is 0 Å². The van der Waals surface area contributed by atoms with Gasteiger partial charge in [0.1, 0.15) is 5.69 Å². The van der Waals surface area contributed by atoms with Crippen molar-refractivity contribution in [2.45, 2.75) is 13.0 Å². The van der Waals surface area contributed by atoms with Crippen LogP contribution in [0.2, 0.25) is 0 Å². The Balaban J connectivity index is 2.61. The highest BCUT2D eigenvalue weighted by Gasteiger charge is 2.18. The molecule has 0 unspecified atom stereocenters. The molecule has 0 saturated heterocycles. The average Bonchev–Trinajstić information content (AvgIpc) is 2.61. The molecule has 15 heavy (non-hydrogen) atoms.